The molecule has 0 N–H and O–H groups in total. The van der Waals surface area contributed by atoms with Gasteiger partial charge in [-0.25, -0.2) is 4.39 Å². The number of amides is 2. The van der Waals surface area contributed by atoms with E-state index in [1.54, 1.807) is 41.3 Å². The Bertz CT molecular complexity index is 1910. The zero-order valence-corrected chi connectivity index (χ0v) is 21.7. The fourth-order valence-electron chi connectivity index (χ4n) is 5.88. The predicted molar refractivity (Wildman–Crippen MR) is 149 cm³/mol. The van der Waals surface area contributed by atoms with Crippen LogP contribution >= 0.6 is 11.6 Å². The van der Waals surface area contributed by atoms with E-state index in [4.69, 9.17) is 16.0 Å². The van der Waals surface area contributed by atoms with Crippen molar-refractivity contribution in [2.75, 3.05) is 4.90 Å². The molecule has 40 heavy (non-hydrogen) atoms. The molecule has 0 radical (unpaired) electrons. The van der Waals surface area contributed by atoms with Gasteiger partial charge >= 0.3 is 0 Å². The highest BCUT2D eigenvalue weighted by atomic mass is 35.5. The summed E-state index contributed by atoms with van der Waals surface area (Å²) in [6.45, 7) is 0.230. The number of hydrogen-bond donors (Lipinski definition) is 0. The van der Waals surface area contributed by atoms with Gasteiger partial charge in [0.1, 0.15) is 11.4 Å². The second-order valence-electron chi connectivity index (χ2n) is 9.90. The predicted octanol–water partition coefficient (Wildman–Crippen LogP) is 6.03. The Labute approximate surface area is 232 Å². The third kappa shape index (κ3) is 3.37. The van der Waals surface area contributed by atoms with E-state index in [1.807, 2.05) is 42.5 Å². The van der Waals surface area contributed by atoms with Crippen molar-refractivity contribution in [3.8, 4) is 0 Å². The number of nitrogens with zero attached hydrogens (tertiary/aromatic N) is 2. The second kappa shape index (κ2) is 8.89. The minimum absolute atomic E-state index is 0.0334. The van der Waals surface area contributed by atoms with Crippen molar-refractivity contribution in [3.63, 3.8) is 0 Å². The van der Waals surface area contributed by atoms with Crippen LogP contribution in [0.3, 0.4) is 0 Å². The Balaban J connectivity index is 1.51. The van der Waals surface area contributed by atoms with E-state index in [0.717, 1.165) is 17.2 Å². The summed E-state index contributed by atoms with van der Waals surface area (Å²) in [7, 11) is 0. The van der Waals surface area contributed by atoms with E-state index in [-0.39, 0.29) is 35.4 Å². The zero-order chi connectivity index (χ0) is 27.6. The lowest BCUT2D eigenvalue weighted by Gasteiger charge is -2.34. The lowest BCUT2D eigenvalue weighted by molar-refractivity contribution is -0.126. The maximum Gasteiger partial charge on any atom is 0.291 e. The van der Waals surface area contributed by atoms with E-state index in [1.165, 1.54) is 17.0 Å². The molecule has 1 unspecified atom stereocenters. The monoisotopic (exact) mass is 550 g/mol. The number of carbonyl (C=O) groups is 2. The van der Waals surface area contributed by atoms with Gasteiger partial charge in [0.2, 0.25) is 5.76 Å². The number of hydrogen-bond acceptors (Lipinski definition) is 4. The fourth-order valence-corrected chi connectivity index (χ4v) is 6.01. The molecule has 5 aromatic rings. The molecule has 2 amide bonds. The highest BCUT2D eigenvalue weighted by Crippen LogP contribution is 2.53. The number of para-hydroxylation sites is 1. The molecular formula is C32H20ClFN2O4. The zero-order valence-electron chi connectivity index (χ0n) is 20.9. The van der Waals surface area contributed by atoms with Crippen LogP contribution in [-0.4, -0.2) is 16.7 Å². The Morgan fingerprint density at radius 3 is 2.27 bits per heavy atom. The van der Waals surface area contributed by atoms with E-state index >= 15 is 0 Å². The first kappa shape index (κ1) is 24.3. The van der Waals surface area contributed by atoms with Crippen LogP contribution in [0.25, 0.3) is 11.0 Å². The average molecular weight is 551 g/mol. The van der Waals surface area contributed by atoms with Gasteiger partial charge in [-0.05, 0) is 47.5 Å². The van der Waals surface area contributed by atoms with Crippen LogP contribution in [0.2, 0.25) is 5.02 Å². The van der Waals surface area contributed by atoms with Crippen molar-refractivity contribution in [2.45, 2.75) is 18.6 Å². The molecule has 2 aliphatic heterocycles. The van der Waals surface area contributed by atoms with E-state index in [0.29, 0.717) is 16.3 Å². The van der Waals surface area contributed by atoms with E-state index in [2.05, 4.69) is 0 Å². The normalized spacial score (nSPS) is 17.6. The quantitative estimate of drug-likeness (QED) is 0.274. The molecule has 6 nitrogen and oxygen atoms in total. The molecule has 0 aliphatic carbocycles. The highest BCUT2D eigenvalue weighted by molar-refractivity contribution is 6.30. The van der Waals surface area contributed by atoms with Gasteiger partial charge in [0.05, 0.1) is 23.2 Å². The first-order valence-electron chi connectivity index (χ1n) is 12.7. The summed E-state index contributed by atoms with van der Waals surface area (Å²) in [5.41, 5.74) is 0.210. The van der Waals surface area contributed by atoms with Crippen LogP contribution in [0.4, 0.5) is 10.1 Å². The number of carbonyl (C=O) groups excluding carboxylic acids is 2. The highest BCUT2D eigenvalue weighted by Gasteiger charge is 2.64. The summed E-state index contributed by atoms with van der Waals surface area (Å²) >= 11 is 6.08. The summed E-state index contributed by atoms with van der Waals surface area (Å²) < 4.78 is 20.3. The molecule has 196 valence electrons. The summed E-state index contributed by atoms with van der Waals surface area (Å²) in [4.78, 5) is 46.0. The maximum absolute atomic E-state index is 14.8. The van der Waals surface area contributed by atoms with Crippen molar-refractivity contribution in [1.82, 2.24) is 4.90 Å². The van der Waals surface area contributed by atoms with Crippen LogP contribution < -0.4 is 10.3 Å². The third-order valence-electron chi connectivity index (χ3n) is 7.64. The molecule has 0 saturated heterocycles. The molecule has 8 heteroatoms. The van der Waals surface area contributed by atoms with Crippen molar-refractivity contribution >= 4 is 40.1 Å². The standard InChI is InChI=1S/C32H20ClFN2O4/c33-21-12-10-20(11-13-21)17-35-25-9-5-4-8-24(25)32(31(35)39)27-28(37)23-16-22(34)14-15-26(23)40-29(27)30(38)36(32)18-19-6-2-1-3-7-19/h1-16H,17-18H2. The largest absolute Gasteiger partial charge is 0.450 e. The fraction of sp³-hybridized carbons (Fsp3) is 0.0938. The SMILES string of the molecule is O=C1c2oc3ccc(F)cc3c(=O)c2C2(C(=O)N(Cc3ccc(Cl)cc3)c3ccccc32)N1Cc1ccccc1. The second-order valence-corrected chi connectivity index (χ2v) is 10.3. The van der Waals surface area contributed by atoms with E-state index in [9.17, 15) is 18.8 Å². The number of fused-ring (bicyclic) bond motifs is 5. The molecule has 4 aromatic carbocycles. The van der Waals surface area contributed by atoms with Gasteiger partial charge < -0.3 is 14.2 Å². The minimum atomic E-state index is -1.80. The van der Waals surface area contributed by atoms with Crippen molar-refractivity contribution in [2.24, 2.45) is 0 Å². The minimum Gasteiger partial charge on any atom is -0.450 e. The molecule has 7 rings (SSSR count). The lowest BCUT2D eigenvalue weighted by Crippen LogP contribution is -2.52. The first-order valence-corrected chi connectivity index (χ1v) is 13.1. The topological polar surface area (TPSA) is 70.8 Å². The van der Waals surface area contributed by atoms with Crippen LogP contribution in [0, 0.1) is 5.82 Å². The number of halogens is 2. The molecule has 1 aromatic heterocycles. The van der Waals surface area contributed by atoms with Crippen LogP contribution in [0.1, 0.15) is 32.8 Å². The molecule has 0 saturated carbocycles. The third-order valence-corrected chi connectivity index (χ3v) is 7.89. The number of rotatable bonds is 4. The molecule has 1 spiro atoms. The number of anilines is 1. The smallest absolute Gasteiger partial charge is 0.291 e. The van der Waals surface area contributed by atoms with Crippen LogP contribution in [-0.2, 0) is 23.4 Å². The molecule has 3 heterocycles. The average Bonchev–Trinajstić information content (AvgIpc) is 3.35. The van der Waals surface area contributed by atoms with Gasteiger partial charge in [0.25, 0.3) is 11.8 Å². The molecule has 2 aliphatic rings. The van der Waals surface area contributed by atoms with Crippen LogP contribution in [0.5, 0.6) is 0 Å². The molecule has 0 fully saturated rings. The van der Waals surface area contributed by atoms with Crippen molar-refractivity contribution in [1.29, 1.82) is 0 Å². The van der Waals surface area contributed by atoms with Gasteiger partial charge in [-0.1, -0.05) is 72.3 Å². The summed E-state index contributed by atoms with van der Waals surface area (Å²) in [6.07, 6.45) is 0. The van der Waals surface area contributed by atoms with Gasteiger partial charge in [-0.2, -0.15) is 0 Å². The van der Waals surface area contributed by atoms with Gasteiger partial charge in [0.15, 0.2) is 11.0 Å². The summed E-state index contributed by atoms with van der Waals surface area (Å²) in [5.74, 6) is -1.88. The number of benzene rings is 4. The first-order chi connectivity index (χ1) is 19.4. The maximum atomic E-state index is 14.8. The Morgan fingerprint density at radius 1 is 0.800 bits per heavy atom. The van der Waals surface area contributed by atoms with Gasteiger partial charge in [-0.15, -0.1) is 0 Å². The summed E-state index contributed by atoms with van der Waals surface area (Å²) in [5, 5.41) is 0.531. The lowest BCUT2D eigenvalue weighted by atomic mass is 9.83. The van der Waals surface area contributed by atoms with Crippen molar-refractivity contribution < 1.29 is 18.4 Å². The molecular weight excluding hydrogens is 531 g/mol. The molecule has 1 atom stereocenters. The Kier molecular flexibility index (Phi) is 5.40. The van der Waals surface area contributed by atoms with E-state index < -0.39 is 28.6 Å². The summed E-state index contributed by atoms with van der Waals surface area (Å²) in [6, 6.07) is 27.1. The van der Waals surface area contributed by atoms with Crippen LogP contribution in [0.15, 0.2) is 106 Å². The molecule has 0 bridgehead atoms. The Hall–Kier alpha value is -4.75. The van der Waals surface area contributed by atoms with Crippen molar-refractivity contribution in [3.05, 3.63) is 146 Å². The van der Waals surface area contributed by atoms with Gasteiger partial charge in [0, 0.05) is 17.1 Å². The van der Waals surface area contributed by atoms with Gasteiger partial charge in [-0.3, -0.25) is 14.4 Å². The Morgan fingerprint density at radius 2 is 1.50 bits per heavy atom.